The van der Waals surface area contributed by atoms with Crippen LogP contribution in [-0.2, 0) is 6.61 Å². The zero-order chi connectivity index (χ0) is 18.4. The Bertz CT molecular complexity index is 895. The predicted octanol–water partition coefficient (Wildman–Crippen LogP) is 4.08. The molecule has 2 aromatic carbocycles. The van der Waals surface area contributed by atoms with Crippen LogP contribution in [0.4, 0.5) is 5.13 Å². The summed E-state index contributed by atoms with van der Waals surface area (Å²) in [6.07, 6.45) is 0. The van der Waals surface area contributed by atoms with Crippen molar-refractivity contribution in [2.75, 3.05) is 11.9 Å². The molecule has 26 heavy (non-hydrogen) atoms. The minimum atomic E-state index is -0.281. The molecule has 0 atom stereocenters. The lowest BCUT2D eigenvalue weighted by Crippen LogP contribution is -2.13. The van der Waals surface area contributed by atoms with E-state index in [-0.39, 0.29) is 5.91 Å². The fourth-order valence-corrected chi connectivity index (χ4v) is 2.96. The largest absolute Gasteiger partial charge is 0.493 e. The number of rotatable bonds is 7. The number of nitrogens with one attached hydrogen (secondary N) is 1. The van der Waals surface area contributed by atoms with Gasteiger partial charge in [0.1, 0.15) is 18.1 Å². The Hall–Kier alpha value is -2.93. The summed E-state index contributed by atoms with van der Waals surface area (Å²) in [7, 11) is 0. The molecule has 0 aliphatic rings. The van der Waals surface area contributed by atoms with E-state index in [0.29, 0.717) is 34.7 Å². The van der Waals surface area contributed by atoms with Crippen LogP contribution >= 0.6 is 11.3 Å². The van der Waals surface area contributed by atoms with Gasteiger partial charge in [-0.15, -0.1) is 10.2 Å². The van der Waals surface area contributed by atoms with E-state index in [1.165, 1.54) is 11.3 Å². The third kappa shape index (κ3) is 4.58. The van der Waals surface area contributed by atoms with Crippen LogP contribution in [0.1, 0.15) is 27.9 Å². The Balaban J connectivity index is 1.62. The zero-order valence-electron chi connectivity index (χ0n) is 14.6. The molecule has 1 heterocycles. The lowest BCUT2D eigenvalue weighted by Gasteiger charge is -2.08. The molecule has 0 saturated carbocycles. The van der Waals surface area contributed by atoms with Crippen LogP contribution in [0.15, 0.2) is 48.5 Å². The summed E-state index contributed by atoms with van der Waals surface area (Å²) in [5, 5.41) is 11.9. The van der Waals surface area contributed by atoms with Crippen molar-refractivity contribution in [2.45, 2.75) is 20.5 Å². The topological polar surface area (TPSA) is 73.3 Å². The van der Waals surface area contributed by atoms with Gasteiger partial charge in [0, 0.05) is 0 Å². The number of para-hydroxylation sites is 1. The van der Waals surface area contributed by atoms with E-state index in [1.807, 2.05) is 44.2 Å². The molecule has 0 unspecified atom stereocenters. The fourth-order valence-electron chi connectivity index (χ4n) is 2.31. The van der Waals surface area contributed by atoms with Gasteiger partial charge in [-0.3, -0.25) is 10.1 Å². The normalized spacial score (nSPS) is 10.4. The van der Waals surface area contributed by atoms with Crippen molar-refractivity contribution >= 4 is 22.4 Å². The summed E-state index contributed by atoms with van der Waals surface area (Å²) < 4.78 is 11.2. The van der Waals surface area contributed by atoms with Crippen molar-refractivity contribution in [1.82, 2.24) is 10.2 Å². The van der Waals surface area contributed by atoms with E-state index < -0.39 is 0 Å². The Morgan fingerprint density at radius 2 is 1.96 bits per heavy atom. The first-order valence-corrected chi connectivity index (χ1v) is 9.02. The summed E-state index contributed by atoms with van der Waals surface area (Å²) in [4.78, 5) is 12.5. The first-order valence-electron chi connectivity index (χ1n) is 8.20. The highest BCUT2D eigenvalue weighted by molar-refractivity contribution is 7.15. The van der Waals surface area contributed by atoms with Gasteiger partial charge in [0.2, 0.25) is 5.13 Å². The van der Waals surface area contributed by atoms with Crippen LogP contribution in [0.25, 0.3) is 0 Å². The number of anilines is 1. The standard InChI is InChI=1S/C19H19N3O3S/c1-3-24-16-10-5-4-9-15(16)18(23)20-19-22-21-17(26-19)12-25-14-8-6-7-13(2)11-14/h4-11H,3,12H2,1-2H3,(H,20,22,23). The molecule has 0 aliphatic heterocycles. The molecule has 1 amide bonds. The van der Waals surface area contributed by atoms with Gasteiger partial charge in [0.15, 0.2) is 5.01 Å². The second-order valence-corrected chi connectivity index (χ2v) is 6.55. The van der Waals surface area contributed by atoms with Gasteiger partial charge in [-0.25, -0.2) is 0 Å². The summed E-state index contributed by atoms with van der Waals surface area (Å²) in [5.41, 5.74) is 1.59. The minimum absolute atomic E-state index is 0.281. The Kier molecular flexibility index (Phi) is 5.80. The number of carbonyl (C=O) groups excluding carboxylic acids is 1. The molecular formula is C19H19N3O3S. The number of ether oxygens (including phenoxy) is 2. The van der Waals surface area contributed by atoms with E-state index in [2.05, 4.69) is 15.5 Å². The highest BCUT2D eigenvalue weighted by Gasteiger charge is 2.14. The Morgan fingerprint density at radius 3 is 2.77 bits per heavy atom. The SMILES string of the molecule is CCOc1ccccc1C(=O)Nc1nnc(COc2cccc(C)c2)s1. The van der Waals surface area contributed by atoms with E-state index in [1.54, 1.807) is 18.2 Å². The Labute approximate surface area is 155 Å². The summed E-state index contributed by atoms with van der Waals surface area (Å²) in [6.45, 7) is 4.67. The number of nitrogens with zero attached hydrogens (tertiary/aromatic N) is 2. The van der Waals surface area contributed by atoms with Crippen molar-refractivity contribution in [1.29, 1.82) is 0 Å². The average molecular weight is 369 g/mol. The average Bonchev–Trinajstić information content (AvgIpc) is 3.08. The summed E-state index contributed by atoms with van der Waals surface area (Å²) in [5.74, 6) is 1.03. The lowest BCUT2D eigenvalue weighted by atomic mass is 10.2. The van der Waals surface area contributed by atoms with Crippen molar-refractivity contribution in [2.24, 2.45) is 0 Å². The molecule has 3 aromatic rings. The number of carbonyl (C=O) groups is 1. The maximum Gasteiger partial charge on any atom is 0.261 e. The van der Waals surface area contributed by atoms with Crippen LogP contribution in [0, 0.1) is 6.92 Å². The van der Waals surface area contributed by atoms with Crippen molar-refractivity contribution in [3.05, 3.63) is 64.7 Å². The molecule has 0 bridgehead atoms. The van der Waals surface area contributed by atoms with Crippen molar-refractivity contribution < 1.29 is 14.3 Å². The van der Waals surface area contributed by atoms with E-state index in [0.717, 1.165) is 11.3 Å². The van der Waals surface area contributed by atoms with Crippen LogP contribution in [-0.4, -0.2) is 22.7 Å². The van der Waals surface area contributed by atoms with Crippen LogP contribution in [0.3, 0.4) is 0 Å². The number of benzene rings is 2. The first-order chi connectivity index (χ1) is 12.7. The van der Waals surface area contributed by atoms with E-state index in [4.69, 9.17) is 9.47 Å². The first kappa shape index (κ1) is 17.9. The van der Waals surface area contributed by atoms with Gasteiger partial charge in [-0.1, -0.05) is 35.6 Å². The maximum absolute atomic E-state index is 12.5. The molecule has 0 spiro atoms. The van der Waals surface area contributed by atoms with Crippen LogP contribution < -0.4 is 14.8 Å². The molecular weight excluding hydrogens is 350 g/mol. The second kappa shape index (κ2) is 8.44. The monoisotopic (exact) mass is 369 g/mol. The third-order valence-corrected chi connectivity index (χ3v) is 4.28. The molecule has 6 nitrogen and oxygen atoms in total. The number of aryl methyl sites for hydroxylation is 1. The molecule has 1 N–H and O–H groups in total. The molecule has 134 valence electrons. The minimum Gasteiger partial charge on any atom is -0.493 e. The molecule has 1 aromatic heterocycles. The van der Waals surface area contributed by atoms with E-state index in [9.17, 15) is 4.79 Å². The summed E-state index contributed by atoms with van der Waals surface area (Å²) in [6, 6.07) is 14.9. The molecule has 0 radical (unpaired) electrons. The van der Waals surface area contributed by atoms with Crippen LogP contribution in [0.5, 0.6) is 11.5 Å². The fraction of sp³-hybridized carbons (Fsp3) is 0.211. The quantitative estimate of drug-likeness (QED) is 0.679. The number of aromatic nitrogens is 2. The highest BCUT2D eigenvalue weighted by Crippen LogP contribution is 2.22. The molecule has 0 aliphatic carbocycles. The predicted molar refractivity (Wildman–Crippen MR) is 101 cm³/mol. The van der Waals surface area contributed by atoms with Gasteiger partial charge < -0.3 is 9.47 Å². The van der Waals surface area contributed by atoms with Crippen molar-refractivity contribution in [3.63, 3.8) is 0 Å². The van der Waals surface area contributed by atoms with Gasteiger partial charge in [0.05, 0.1) is 12.2 Å². The van der Waals surface area contributed by atoms with Gasteiger partial charge >= 0.3 is 0 Å². The number of hydrogen-bond acceptors (Lipinski definition) is 6. The van der Waals surface area contributed by atoms with Gasteiger partial charge in [0.25, 0.3) is 5.91 Å². The van der Waals surface area contributed by atoms with Crippen LogP contribution in [0.2, 0.25) is 0 Å². The van der Waals surface area contributed by atoms with Crippen molar-refractivity contribution in [3.8, 4) is 11.5 Å². The maximum atomic E-state index is 12.5. The molecule has 0 fully saturated rings. The molecule has 3 rings (SSSR count). The highest BCUT2D eigenvalue weighted by atomic mass is 32.1. The summed E-state index contributed by atoms with van der Waals surface area (Å²) >= 11 is 1.28. The number of amides is 1. The third-order valence-electron chi connectivity index (χ3n) is 3.47. The molecule has 0 saturated heterocycles. The lowest BCUT2D eigenvalue weighted by molar-refractivity contribution is 0.102. The second-order valence-electron chi connectivity index (χ2n) is 5.49. The Morgan fingerprint density at radius 1 is 1.12 bits per heavy atom. The number of hydrogen-bond donors (Lipinski definition) is 1. The van der Waals surface area contributed by atoms with E-state index >= 15 is 0 Å². The smallest absolute Gasteiger partial charge is 0.261 e. The van der Waals surface area contributed by atoms with Gasteiger partial charge in [-0.05, 0) is 43.7 Å². The van der Waals surface area contributed by atoms with Gasteiger partial charge in [-0.2, -0.15) is 0 Å². The zero-order valence-corrected chi connectivity index (χ0v) is 15.4. The molecule has 7 heteroatoms.